The first-order valence-electron chi connectivity index (χ1n) is 7.57. The smallest absolute Gasteiger partial charge is 0.243 e. The molecule has 0 spiro atoms. The van der Waals surface area contributed by atoms with Crippen molar-refractivity contribution in [1.29, 1.82) is 0 Å². The molecule has 118 valence electrons. The van der Waals surface area contributed by atoms with Crippen LogP contribution in [0.25, 0.3) is 10.8 Å². The number of piperidine rings is 1. The lowest BCUT2D eigenvalue weighted by atomic mass is 9.88. The SMILES string of the molecule is CC1CCN(S(=O)(=O)c2cccc3cnccc23)CC1CN. The maximum absolute atomic E-state index is 13.0. The first-order chi connectivity index (χ1) is 10.5. The van der Waals surface area contributed by atoms with Gasteiger partial charge in [-0.15, -0.1) is 0 Å². The van der Waals surface area contributed by atoms with Crippen molar-refractivity contribution in [3.63, 3.8) is 0 Å². The number of nitrogens with zero attached hydrogens (tertiary/aromatic N) is 2. The minimum Gasteiger partial charge on any atom is -0.330 e. The zero-order valence-corrected chi connectivity index (χ0v) is 13.5. The molecule has 0 radical (unpaired) electrons. The third kappa shape index (κ3) is 2.62. The quantitative estimate of drug-likeness (QED) is 0.936. The molecule has 6 heteroatoms. The Bertz CT molecular complexity index is 771. The van der Waals surface area contributed by atoms with E-state index in [-0.39, 0.29) is 5.92 Å². The molecule has 0 bridgehead atoms. The fraction of sp³-hybridized carbons (Fsp3) is 0.438. The molecular weight excluding hydrogens is 298 g/mol. The molecule has 2 aromatic rings. The van der Waals surface area contributed by atoms with Gasteiger partial charge in [-0.3, -0.25) is 4.98 Å². The second-order valence-corrected chi connectivity index (χ2v) is 7.88. The van der Waals surface area contributed by atoms with E-state index in [0.29, 0.717) is 30.4 Å². The summed E-state index contributed by atoms with van der Waals surface area (Å²) in [6.07, 6.45) is 4.17. The van der Waals surface area contributed by atoms with Gasteiger partial charge in [0.1, 0.15) is 0 Å². The monoisotopic (exact) mass is 319 g/mol. The van der Waals surface area contributed by atoms with Gasteiger partial charge in [0.05, 0.1) is 4.90 Å². The third-order valence-electron chi connectivity index (χ3n) is 4.64. The maximum atomic E-state index is 13.0. The van der Waals surface area contributed by atoms with Gasteiger partial charge >= 0.3 is 0 Å². The minimum absolute atomic E-state index is 0.222. The molecule has 1 aliphatic rings. The zero-order chi connectivity index (χ0) is 15.7. The van der Waals surface area contributed by atoms with E-state index in [0.717, 1.165) is 17.2 Å². The number of benzene rings is 1. The summed E-state index contributed by atoms with van der Waals surface area (Å²) in [4.78, 5) is 4.42. The Morgan fingerprint density at radius 2 is 2.18 bits per heavy atom. The fourth-order valence-electron chi connectivity index (χ4n) is 3.10. The second kappa shape index (κ2) is 5.95. The number of aromatic nitrogens is 1. The zero-order valence-electron chi connectivity index (χ0n) is 12.6. The van der Waals surface area contributed by atoms with Crippen molar-refractivity contribution >= 4 is 20.8 Å². The van der Waals surface area contributed by atoms with Crippen molar-refractivity contribution in [3.8, 4) is 0 Å². The van der Waals surface area contributed by atoms with Gasteiger partial charge in [-0.1, -0.05) is 19.1 Å². The number of pyridine rings is 1. The Labute approximate surface area is 131 Å². The average Bonchev–Trinajstić information content (AvgIpc) is 2.54. The van der Waals surface area contributed by atoms with Gasteiger partial charge in [0, 0.05) is 36.3 Å². The molecule has 1 aromatic heterocycles. The molecule has 2 N–H and O–H groups in total. The number of nitrogens with two attached hydrogens (primary N) is 1. The van der Waals surface area contributed by atoms with Crippen molar-refractivity contribution in [2.24, 2.45) is 17.6 Å². The summed E-state index contributed by atoms with van der Waals surface area (Å²) in [7, 11) is -3.51. The Kier molecular flexibility index (Phi) is 4.16. The van der Waals surface area contributed by atoms with Gasteiger partial charge in [0.2, 0.25) is 10.0 Å². The van der Waals surface area contributed by atoms with Crippen molar-refractivity contribution in [2.75, 3.05) is 19.6 Å². The molecular formula is C16H21N3O2S. The number of fused-ring (bicyclic) bond motifs is 1. The van der Waals surface area contributed by atoms with Crippen LogP contribution >= 0.6 is 0 Å². The van der Waals surface area contributed by atoms with E-state index in [1.165, 1.54) is 0 Å². The summed E-state index contributed by atoms with van der Waals surface area (Å²) in [5.74, 6) is 0.688. The van der Waals surface area contributed by atoms with Gasteiger partial charge in [-0.25, -0.2) is 8.42 Å². The van der Waals surface area contributed by atoms with Crippen LogP contribution in [0.1, 0.15) is 13.3 Å². The van der Waals surface area contributed by atoms with Crippen LogP contribution in [0.5, 0.6) is 0 Å². The van der Waals surface area contributed by atoms with E-state index < -0.39 is 10.0 Å². The summed E-state index contributed by atoms with van der Waals surface area (Å²) in [5, 5.41) is 1.56. The van der Waals surface area contributed by atoms with E-state index in [2.05, 4.69) is 11.9 Å². The van der Waals surface area contributed by atoms with E-state index in [4.69, 9.17) is 5.73 Å². The molecule has 1 aliphatic heterocycles. The number of sulfonamides is 1. The maximum Gasteiger partial charge on any atom is 0.243 e. The normalized spacial score (nSPS) is 23.7. The van der Waals surface area contributed by atoms with Crippen molar-refractivity contribution < 1.29 is 8.42 Å². The third-order valence-corrected chi connectivity index (χ3v) is 6.56. The van der Waals surface area contributed by atoms with Crippen LogP contribution < -0.4 is 5.73 Å². The summed E-state index contributed by atoms with van der Waals surface area (Å²) in [6.45, 7) is 3.72. The van der Waals surface area contributed by atoms with Crippen LogP contribution in [-0.4, -0.2) is 37.3 Å². The highest BCUT2D eigenvalue weighted by Gasteiger charge is 2.33. The largest absolute Gasteiger partial charge is 0.330 e. The van der Waals surface area contributed by atoms with E-state index in [1.54, 1.807) is 34.9 Å². The van der Waals surface area contributed by atoms with E-state index >= 15 is 0 Å². The second-order valence-electron chi connectivity index (χ2n) is 5.98. The van der Waals surface area contributed by atoms with Crippen LogP contribution in [0.2, 0.25) is 0 Å². The van der Waals surface area contributed by atoms with Gasteiger partial charge < -0.3 is 5.73 Å². The Hall–Kier alpha value is -1.50. The Morgan fingerprint density at radius 3 is 2.95 bits per heavy atom. The van der Waals surface area contributed by atoms with Gasteiger partial charge in [0.15, 0.2) is 0 Å². The summed E-state index contributed by atoms with van der Waals surface area (Å²) < 4.78 is 27.7. The van der Waals surface area contributed by atoms with Crippen molar-refractivity contribution in [2.45, 2.75) is 18.2 Å². The lowest BCUT2D eigenvalue weighted by molar-refractivity contribution is 0.203. The molecule has 2 atom stereocenters. The predicted molar refractivity (Wildman–Crippen MR) is 86.8 cm³/mol. The minimum atomic E-state index is -3.51. The highest BCUT2D eigenvalue weighted by molar-refractivity contribution is 7.89. The van der Waals surface area contributed by atoms with Gasteiger partial charge in [-0.2, -0.15) is 4.31 Å². The molecule has 1 aromatic carbocycles. The first-order valence-corrected chi connectivity index (χ1v) is 9.01. The molecule has 22 heavy (non-hydrogen) atoms. The Balaban J connectivity index is 2.02. The first kappa shape index (κ1) is 15.4. The highest BCUT2D eigenvalue weighted by Crippen LogP contribution is 2.30. The summed E-state index contributed by atoms with van der Waals surface area (Å²) in [5.41, 5.74) is 5.80. The molecule has 5 nitrogen and oxygen atoms in total. The lowest BCUT2D eigenvalue weighted by Gasteiger charge is -2.35. The van der Waals surface area contributed by atoms with Crippen LogP contribution in [0, 0.1) is 11.8 Å². The number of hydrogen-bond acceptors (Lipinski definition) is 4. The van der Waals surface area contributed by atoms with Crippen molar-refractivity contribution in [3.05, 3.63) is 36.7 Å². The van der Waals surface area contributed by atoms with Crippen LogP contribution in [0.15, 0.2) is 41.6 Å². The topological polar surface area (TPSA) is 76.3 Å². The van der Waals surface area contributed by atoms with Crippen LogP contribution in [0.3, 0.4) is 0 Å². The predicted octanol–water partition coefficient (Wildman–Crippen LogP) is 1.84. The molecule has 0 aliphatic carbocycles. The van der Waals surface area contributed by atoms with E-state index in [1.807, 2.05) is 6.07 Å². The van der Waals surface area contributed by atoms with Crippen LogP contribution in [-0.2, 0) is 10.0 Å². The molecule has 0 amide bonds. The molecule has 1 fully saturated rings. The standard InChI is InChI=1S/C16H21N3O2S/c1-12-6-8-19(11-14(12)9-17)22(20,21)16-4-2-3-13-10-18-7-5-15(13)16/h2-5,7,10,12,14H,6,8-9,11,17H2,1H3. The molecule has 2 unspecified atom stereocenters. The number of hydrogen-bond donors (Lipinski definition) is 1. The van der Waals surface area contributed by atoms with Gasteiger partial charge in [-0.05, 0) is 36.9 Å². The average molecular weight is 319 g/mol. The molecule has 3 rings (SSSR count). The molecule has 2 heterocycles. The highest BCUT2D eigenvalue weighted by atomic mass is 32.2. The summed E-state index contributed by atoms with van der Waals surface area (Å²) in [6, 6.07) is 7.08. The summed E-state index contributed by atoms with van der Waals surface area (Å²) >= 11 is 0. The lowest BCUT2D eigenvalue weighted by Crippen LogP contribution is -2.45. The molecule has 0 saturated carbocycles. The Morgan fingerprint density at radius 1 is 1.36 bits per heavy atom. The van der Waals surface area contributed by atoms with Crippen LogP contribution in [0.4, 0.5) is 0 Å². The van der Waals surface area contributed by atoms with Crippen molar-refractivity contribution in [1.82, 2.24) is 9.29 Å². The fourth-order valence-corrected chi connectivity index (χ4v) is 4.82. The van der Waals surface area contributed by atoms with E-state index in [9.17, 15) is 8.42 Å². The molecule has 1 saturated heterocycles. The van der Waals surface area contributed by atoms with Gasteiger partial charge in [0.25, 0.3) is 0 Å². The number of rotatable bonds is 3.